The zero-order chi connectivity index (χ0) is 18.6. The van der Waals surface area contributed by atoms with E-state index in [2.05, 4.69) is 22.3 Å². The summed E-state index contributed by atoms with van der Waals surface area (Å²) >= 11 is 0. The predicted molar refractivity (Wildman–Crippen MR) is 91.7 cm³/mol. The Balaban J connectivity index is 2.26. The summed E-state index contributed by atoms with van der Waals surface area (Å²) in [6.45, 7) is 2.61. The number of hydrogen-bond acceptors (Lipinski definition) is 6. The number of aromatic nitrogens is 1. The summed E-state index contributed by atoms with van der Waals surface area (Å²) < 4.78 is 23.7. The summed E-state index contributed by atoms with van der Waals surface area (Å²) in [5.74, 6) is -1.52. The lowest BCUT2D eigenvalue weighted by atomic mass is 10.1. The Hall–Kier alpha value is -2.61. The van der Waals surface area contributed by atoms with E-state index in [4.69, 9.17) is 9.26 Å². The molecule has 1 aromatic heterocycles. The van der Waals surface area contributed by atoms with Gasteiger partial charge in [-0.2, -0.15) is 0 Å². The molecule has 0 aliphatic carbocycles. The van der Waals surface area contributed by atoms with Gasteiger partial charge in [0.1, 0.15) is 0 Å². The molecule has 0 bridgehead atoms. The quantitative estimate of drug-likeness (QED) is 0.756. The van der Waals surface area contributed by atoms with Crippen LogP contribution >= 0.6 is 0 Å². The van der Waals surface area contributed by atoms with Gasteiger partial charge in [0.25, 0.3) is 0 Å². The Bertz CT molecular complexity index is 745. The molecule has 2 rings (SSSR count). The minimum Gasteiger partial charge on any atom is -0.494 e. The molecule has 0 radical (unpaired) electrons. The van der Waals surface area contributed by atoms with Gasteiger partial charge < -0.3 is 24.6 Å². The normalized spacial score (nSPS) is 12.2. The van der Waals surface area contributed by atoms with Gasteiger partial charge in [0, 0.05) is 18.2 Å². The lowest BCUT2D eigenvalue weighted by molar-refractivity contribution is 0.0698. The molecular weight excluding hydrogens is 329 g/mol. The number of carboxylic acid groups (broad SMARTS) is 1. The van der Waals surface area contributed by atoms with Crippen LogP contribution in [0.2, 0.25) is 0 Å². The van der Waals surface area contributed by atoms with Crippen LogP contribution in [0, 0.1) is 5.82 Å². The van der Waals surface area contributed by atoms with Crippen LogP contribution in [0.15, 0.2) is 22.7 Å². The van der Waals surface area contributed by atoms with Crippen molar-refractivity contribution in [3.8, 4) is 17.1 Å². The molecule has 1 unspecified atom stereocenters. The summed E-state index contributed by atoms with van der Waals surface area (Å²) in [6, 6.07) is 4.31. The van der Waals surface area contributed by atoms with Crippen molar-refractivity contribution >= 4 is 11.8 Å². The molecule has 136 valence electrons. The molecule has 1 heterocycles. The van der Waals surface area contributed by atoms with E-state index in [1.807, 2.05) is 14.1 Å². The number of benzene rings is 1. The molecule has 2 aromatic rings. The first kappa shape index (κ1) is 18.7. The number of nitrogens with zero attached hydrogens (tertiary/aromatic N) is 2. The summed E-state index contributed by atoms with van der Waals surface area (Å²) in [5, 5.41) is 16.3. The summed E-state index contributed by atoms with van der Waals surface area (Å²) in [7, 11) is 5.28. The molecule has 7 nitrogen and oxygen atoms in total. The largest absolute Gasteiger partial charge is 0.494 e. The highest BCUT2D eigenvalue weighted by molar-refractivity contribution is 5.99. The molecule has 0 fully saturated rings. The number of aromatic carboxylic acids is 1. The fourth-order valence-electron chi connectivity index (χ4n) is 2.26. The Kier molecular flexibility index (Phi) is 5.97. The van der Waals surface area contributed by atoms with Gasteiger partial charge in [-0.15, -0.1) is 0 Å². The average Bonchev–Trinajstić information content (AvgIpc) is 2.99. The molecule has 0 saturated carbocycles. The number of nitrogens with one attached hydrogen (secondary N) is 1. The lowest BCUT2D eigenvalue weighted by Crippen LogP contribution is -2.27. The standard InChI is InChI=1S/C17H22FN3O4/c1-10(21(2)3)7-8-19-16-14(17(22)23)15(25-20-16)11-5-6-12(18)13(9-11)24-4/h5-6,9-10H,7-8H2,1-4H3,(H,19,20)(H,22,23). The number of carbonyl (C=O) groups is 1. The first-order valence-electron chi connectivity index (χ1n) is 7.82. The highest BCUT2D eigenvalue weighted by atomic mass is 19.1. The van der Waals surface area contributed by atoms with E-state index in [0.717, 1.165) is 6.42 Å². The van der Waals surface area contributed by atoms with E-state index in [1.54, 1.807) is 0 Å². The molecule has 1 aromatic carbocycles. The van der Waals surface area contributed by atoms with Crippen molar-refractivity contribution in [1.82, 2.24) is 10.1 Å². The van der Waals surface area contributed by atoms with Crippen LogP contribution in [0.5, 0.6) is 5.75 Å². The van der Waals surface area contributed by atoms with E-state index in [0.29, 0.717) is 18.2 Å². The highest BCUT2D eigenvalue weighted by Gasteiger charge is 2.24. The number of hydrogen-bond donors (Lipinski definition) is 2. The highest BCUT2D eigenvalue weighted by Crippen LogP contribution is 2.32. The Labute approximate surface area is 145 Å². The van der Waals surface area contributed by atoms with Crippen molar-refractivity contribution < 1.29 is 23.6 Å². The first-order chi connectivity index (χ1) is 11.8. The molecular formula is C17H22FN3O4. The van der Waals surface area contributed by atoms with Gasteiger partial charge in [0.2, 0.25) is 0 Å². The van der Waals surface area contributed by atoms with Crippen LogP contribution in [0.1, 0.15) is 23.7 Å². The van der Waals surface area contributed by atoms with E-state index in [-0.39, 0.29) is 22.9 Å². The van der Waals surface area contributed by atoms with Crippen molar-refractivity contribution in [3.05, 3.63) is 29.6 Å². The van der Waals surface area contributed by atoms with Gasteiger partial charge in [0.05, 0.1) is 7.11 Å². The van der Waals surface area contributed by atoms with Gasteiger partial charge in [-0.05, 0) is 45.6 Å². The third-order valence-corrected chi connectivity index (χ3v) is 4.06. The second-order valence-electron chi connectivity index (χ2n) is 5.92. The van der Waals surface area contributed by atoms with Crippen LogP contribution in [0.3, 0.4) is 0 Å². The second-order valence-corrected chi connectivity index (χ2v) is 5.92. The SMILES string of the molecule is COc1cc(-c2onc(NCCC(C)N(C)C)c2C(=O)O)ccc1F. The van der Waals surface area contributed by atoms with Crippen LogP contribution in [-0.4, -0.2) is 54.9 Å². The van der Waals surface area contributed by atoms with Gasteiger partial charge in [-0.25, -0.2) is 9.18 Å². The lowest BCUT2D eigenvalue weighted by Gasteiger charge is -2.19. The van der Waals surface area contributed by atoms with E-state index in [9.17, 15) is 14.3 Å². The van der Waals surface area contributed by atoms with Crippen LogP contribution < -0.4 is 10.1 Å². The van der Waals surface area contributed by atoms with Gasteiger partial charge in [-0.1, -0.05) is 5.16 Å². The summed E-state index contributed by atoms with van der Waals surface area (Å²) in [5.41, 5.74) is 0.282. The third-order valence-electron chi connectivity index (χ3n) is 4.06. The first-order valence-corrected chi connectivity index (χ1v) is 7.82. The summed E-state index contributed by atoms with van der Waals surface area (Å²) in [4.78, 5) is 13.7. The molecule has 0 amide bonds. The van der Waals surface area contributed by atoms with Crippen molar-refractivity contribution in [2.45, 2.75) is 19.4 Å². The fourth-order valence-corrected chi connectivity index (χ4v) is 2.26. The number of carboxylic acids is 1. The van der Waals surface area contributed by atoms with Crippen molar-refractivity contribution in [2.24, 2.45) is 0 Å². The smallest absolute Gasteiger partial charge is 0.343 e. The minimum absolute atomic E-state index is 0.000411. The maximum atomic E-state index is 13.6. The summed E-state index contributed by atoms with van der Waals surface area (Å²) in [6.07, 6.45) is 0.804. The second kappa shape index (κ2) is 7.98. The van der Waals surface area contributed by atoms with Crippen molar-refractivity contribution in [2.75, 3.05) is 33.1 Å². The number of anilines is 1. The zero-order valence-corrected chi connectivity index (χ0v) is 14.7. The Morgan fingerprint density at radius 1 is 1.48 bits per heavy atom. The molecule has 8 heteroatoms. The van der Waals surface area contributed by atoms with Crippen molar-refractivity contribution in [3.63, 3.8) is 0 Å². The molecule has 0 aliphatic heterocycles. The predicted octanol–water partition coefficient (Wildman–Crippen LogP) is 2.94. The fraction of sp³-hybridized carbons (Fsp3) is 0.412. The van der Waals surface area contributed by atoms with Crippen molar-refractivity contribution in [1.29, 1.82) is 0 Å². The molecule has 0 saturated heterocycles. The molecule has 1 atom stereocenters. The number of rotatable bonds is 8. The van der Waals surface area contributed by atoms with Crippen LogP contribution in [0.4, 0.5) is 10.2 Å². The van der Waals surface area contributed by atoms with Crippen LogP contribution in [0.25, 0.3) is 11.3 Å². The monoisotopic (exact) mass is 351 g/mol. The maximum Gasteiger partial charge on any atom is 0.343 e. The van der Waals surface area contributed by atoms with Gasteiger partial charge in [0.15, 0.2) is 28.7 Å². The maximum absolute atomic E-state index is 13.6. The number of halogens is 1. The van der Waals surface area contributed by atoms with E-state index >= 15 is 0 Å². The van der Waals surface area contributed by atoms with Gasteiger partial charge in [-0.3, -0.25) is 0 Å². The van der Waals surface area contributed by atoms with Gasteiger partial charge >= 0.3 is 5.97 Å². The molecule has 0 aliphatic rings. The minimum atomic E-state index is -1.18. The topological polar surface area (TPSA) is 87.8 Å². The molecule has 25 heavy (non-hydrogen) atoms. The Morgan fingerprint density at radius 2 is 2.20 bits per heavy atom. The Morgan fingerprint density at radius 3 is 2.80 bits per heavy atom. The van der Waals surface area contributed by atoms with E-state index < -0.39 is 11.8 Å². The number of ether oxygens (including phenoxy) is 1. The number of methoxy groups -OCH3 is 1. The van der Waals surface area contributed by atoms with Crippen LogP contribution in [-0.2, 0) is 0 Å². The average molecular weight is 351 g/mol. The molecule has 2 N–H and O–H groups in total. The van der Waals surface area contributed by atoms with E-state index in [1.165, 1.54) is 25.3 Å². The zero-order valence-electron chi connectivity index (χ0n) is 14.7. The molecule has 0 spiro atoms. The third kappa shape index (κ3) is 4.27.